The highest BCUT2D eigenvalue weighted by atomic mass is 19.1. The van der Waals surface area contributed by atoms with E-state index in [0.29, 0.717) is 25.6 Å². The number of anilines is 1. The van der Waals surface area contributed by atoms with Crippen LogP contribution in [0, 0.1) is 5.82 Å². The first-order valence-corrected chi connectivity index (χ1v) is 4.75. The highest BCUT2D eigenvalue weighted by Gasteiger charge is 2.23. The van der Waals surface area contributed by atoms with Crippen LogP contribution in [0.15, 0.2) is 12.4 Å². The quantitative estimate of drug-likeness (QED) is 0.733. The first-order chi connectivity index (χ1) is 7.25. The number of nitrogens with one attached hydrogen (secondary N) is 1. The number of ether oxygens (including phenoxy) is 1. The smallest absolute Gasteiger partial charge is 0.223 e. The first kappa shape index (κ1) is 10.3. The van der Waals surface area contributed by atoms with Gasteiger partial charge in [-0.2, -0.15) is 0 Å². The Labute approximate surface area is 86.3 Å². The Kier molecular flexibility index (Phi) is 3.08. The molecule has 0 bridgehead atoms. The van der Waals surface area contributed by atoms with Gasteiger partial charge in [-0.3, -0.25) is 0 Å². The summed E-state index contributed by atoms with van der Waals surface area (Å²) in [5.41, 5.74) is 0. The number of halogens is 1. The van der Waals surface area contributed by atoms with Gasteiger partial charge in [0, 0.05) is 6.61 Å². The van der Waals surface area contributed by atoms with E-state index in [2.05, 4.69) is 15.3 Å². The Morgan fingerprint density at radius 2 is 2.20 bits per heavy atom. The van der Waals surface area contributed by atoms with E-state index >= 15 is 0 Å². The standard InChI is InChI=1S/C9H12FN3O2/c10-6-3-11-9(12-4-6)13-7-1-2-15-5-8(7)14/h3-4,7-8,14H,1-2,5H2,(H,11,12,13)/t7-,8-/m1/s1. The molecule has 15 heavy (non-hydrogen) atoms. The average molecular weight is 213 g/mol. The Bertz CT molecular complexity index is 320. The van der Waals surface area contributed by atoms with Crippen LogP contribution in [0.5, 0.6) is 0 Å². The molecule has 0 radical (unpaired) electrons. The third-order valence-corrected chi connectivity index (χ3v) is 2.26. The molecule has 2 N–H and O–H groups in total. The summed E-state index contributed by atoms with van der Waals surface area (Å²) < 4.78 is 17.6. The van der Waals surface area contributed by atoms with Gasteiger partial charge in [0.05, 0.1) is 31.1 Å². The van der Waals surface area contributed by atoms with Crippen molar-refractivity contribution in [2.24, 2.45) is 0 Å². The summed E-state index contributed by atoms with van der Waals surface area (Å²) in [6, 6.07) is -0.135. The molecule has 2 rings (SSSR count). The lowest BCUT2D eigenvalue weighted by molar-refractivity contribution is -0.0136. The maximum atomic E-state index is 12.5. The van der Waals surface area contributed by atoms with Gasteiger partial charge in [0.25, 0.3) is 0 Å². The molecule has 2 heterocycles. The zero-order chi connectivity index (χ0) is 10.7. The summed E-state index contributed by atoms with van der Waals surface area (Å²) in [7, 11) is 0. The van der Waals surface area contributed by atoms with Crippen molar-refractivity contribution >= 4 is 5.95 Å². The fraction of sp³-hybridized carbons (Fsp3) is 0.556. The van der Waals surface area contributed by atoms with Crippen molar-refractivity contribution in [1.29, 1.82) is 0 Å². The number of aliphatic hydroxyl groups is 1. The van der Waals surface area contributed by atoms with Crippen molar-refractivity contribution < 1.29 is 14.2 Å². The average Bonchev–Trinajstić information content (AvgIpc) is 2.25. The van der Waals surface area contributed by atoms with Crippen molar-refractivity contribution in [3.05, 3.63) is 18.2 Å². The summed E-state index contributed by atoms with van der Waals surface area (Å²) in [5, 5.41) is 12.5. The van der Waals surface area contributed by atoms with Crippen LogP contribution in [0.1, 0.15) is 6.42 Å². The highest BCUT2D eigenvalue weighted by molar-refractivity contribution is 5.25. The van der Waals surface area contributed by atoms with Crippen LogP contribution >= 0.6 is 0 Å². The van der Waals surface area contributed by atoms with Crippen molar-refractivity contribution in [2.45, 2.75) is 18.6 Å². The van der Waals surface area contributed by atoms with Crippen LogP contribution in [0.2, 0.25) is 0 Å². The van der Waals surface area contributed by atoms with Gasteiger partial charge in [-0.1, -0.05) is 0 Å². The van der Waals surface area contributed by atoms with Crippen molar-refractivity contribution in [1.82, 2.24) is 9.97 Å². The monoisotopic (exact) mass is 213 g/mol. The van der Waals surface area contributed by atoms with Crippen molar-refractivity contribution in [3.8, 4) is 0 Å². The van der Waals surface area contributed by atoms with Crippen molar-refractivity contribution in [2.75, 3.05) is 18.5 Å². The molecule has 0 unspecified atom stereocenters. The molecule has 1 aromatic rings. The number of nitrogens with zero attached hydrogens (tertiary/aromatic N) is 2. The normalized spacial score (nSPS) is 26.3. The predicted molar refractivity (Wildman–Crippen MR) is 50.8 cm³/mol. The number of aromatic nitrogens is 2. The summed E-state index contributed by atoms with van der Waals surface area (Å²) in [6.07, 6.45) is 2.27. The number of hydrogen-bond acceptors (Lipinski definition) is 5. The lowest BCUT2D eigenvalue weighted by atomic mass is 10.1. The molecule has 1 saturated heterocycles. The summed E-state index contributed by atoms with van der Waals surface area (Å²) in [5.74, 6) is -0.157. The van der Waals surface area contributed by atoms with Crippen LogP contribution < -0.4 is 5.32 Å². The Morgan fingerprint density at radius 1 is 1.47 bits per heavy atom. The maximum absolute atomic E-state index is 12.5. The second kappa shape index (κ2) is 4.50. The SMILES string of the molecule is O[C@@H]1COCC[C@H]1Nc1ncc(F)cn1. The maximum Gasteiger partial charge on any atom is 0.223 e. The van der Waals surface area contributed by atoms with Gasteiger partial charge in [0.1, 0.15) is 0 Å². The molecule has 1 aliphatic rings. The van der Waals surface area contributed by atoms with E-state index in [4.69, 9.17) is 4.74 Å². The minimum absolute atomic E-state index is 0.135. The molecular formula is C9H12FN3O2. The van der Waals surface area contributed by atoms with E-state index in [1.807, 2.05) is 0 Å². The van der Waals surface area contributed by atoms with Gasteiger partial charge in [-0.25, -0.2) is 14.4 Å². The largest absolute Gasteiger partial charge is 0.389 e. The van der Waals surface area contributed by atoms with Gasteiger partial charge in [0.15, 0.2) is 5.82 Å². The minimum atomic E-state index is -0.576. The summed E-state index contributed by atoms with van der Waals surface area (Å²) in [4.78, 5) is 7.52. The topological polar surface area (TPSA) is 67.3 Å². The molecule has 0 aromatic carbocycles. The molecular weight excluding hydrogens is 201 g/mol. The molecule has 82 valence electrons. The lowest BCUT2D eigenvalue weighted by Crippen LogP contribution is -2.42. The molecule has 0 aliphatic carbocycles. The van der Waals surface area contributed by atoms with Crippen LogP contribution in [-0.2, 0) is 4.74 Å². The number of aliphatic hydroxyl groups excluding tert-OH is 1. The molecule has 0 amide bonds. The van der Waals surface area contributed by atoms with Gasteiger partial charge in [0.2, 0.25) is 5.95 Å². The molecule has 0 saturated carbocycles. The Morgan fingerprint density at radius 3 is 2.87 bits per heavy atom. The van der Waals surface area contributed by atoms with Crippen molar-refractivity contribution in [3.63, 3.8) is 0 Å². The van der Waals surface area contributed by atoms with Crippen LogP contribution in [0.4, 0.5) is 10.3 Å². The van der Waals surface area contributed by atoms with E-state index < -0.39 is 11.9 Å². The Balaban J connectivity index is 1.98. The van der Waals surface area contributed by atoms with E-state index in [-0.39, 0.29) is 6.04 Å². The molecule has 0 spiro atoms. The first-order valence-electron chi connectivity index (χ1n) is 4.75. The predicted octanol–water partition coefficient (Wildman–Crippen LogP) is 0.177. The summed E-state index contributed by atoms with van der Waals surface area (Å²) in [6.45, 7) is 0.898. The molecule has 1 aliphatic heterocycles. The lowest BCUT2D eigenvalue weighted by Gasteiger charge is -2.28. The summed E-state index contributed by atoms with van der Waals surface area (Å²) >= 11 is 0. The third-order valence-electron chi connectivity index (χ3n) is 2.26. The van der Waals surface area contributed by atoms with Crippen LogP contribution in [-0.4, -0.2) is 40.4 Å². The molecule has 2 atom stereocenters. The van der Waals surface area contributed by atoms with E-state index in [9.17, 15) is 9.50 Å². The highest BCUT2D eigenvalue weighted by Crippen LogP contribution is 2.12. The van der Waals surface area contributed by atoms with Gasteiger partial charge < -0.3 is 15.2 Å². The fourth-order valence-corrected chi connectivity index (χ4v) is 1.44. The third kappa shape index (κ3) is 2.60. The molecule has 1 aromatic heterocycles. The van der Waals surface area contributed by atoms with Crippen LogP contribution in [0.3, 0.4) is 0 Å². The number of hydrogen-bond donors (Lipinski definition) is 2. The zero-order valence-corrected chi connectivity index (χ0v) is 8.06. The second-order valence-electron chi connectivity index (χ2n) is 3.41. The minimum Gasteiger partial charge on any atom is -0.389 e. The number of rotatable bonds is 2. The molecule has 5 nitrogen and oxygen atoms in total. The van der Waals surface area contributed by atoms with Gasteiger partial charge in [-0.05, 0) is 6.42 Å². The molecule has 1 fully saturated rings. The molecule has 6 heteroatoms. The van der Waals surface area contributed by atoms with Gasteiger partial charge in [-0.15, -0.1) is 0 Å². The second-order valence-corrected chi connectivity index (χ2v) is 3.41. The fourth-order valence-electron chi connectivity index (χ4n) is 1.44. The van der Waals surface area contributed by atoms with E-state index in [1.54, 1.807) is 0 Å². The van der Waals surface area contributed by atoms with E-state index in [0.717, 1.165) is 12.4 Å². The Hall–Kier alpha value is -1.27. The van der Waals surface area contributed by atoms with Crippen LogP contribution in [0.25, 0.3) is 0 Å². The zero-order valence-electron chi connectivity index (χ0n) is 8.06. The van der Waals surface area contributed by atoms with E-state index in [1.165, 1.54) is 0 Å². The van der Waals surface area contributed by atoms with Gasteiger partial charge >= 0.3 is 0 Å².